The molecule has 1 aliphatic carbocycles. The Labute approximate surface area is 187 Å². The van der Waals surface area contributed by atoms with Gasteiger partial charge in [0, 0.05) is 32.6 Å². The van der Waals surface area contributed by atoms with Gasteiger partial charge in [-0.1, -0.05) is 13.8 Å². The van der Waals surface area contributed by atoms with Gasteiger partial charge in [0.15, 0.2) is 0 Å². The molecular weight excluding hydrogens is 418 g/mol. The number of carbonyl (C=O) groups excluding carboxylic acids is 2. The lowest BCUT2D eigenvalue weighted by atomic mass is 9.80. The molecule has 2 heterocycles. The van der Waals surface area contributed by atoms with Crippen LogP contribution in [0.1, 0.15) is 59.3 Å². The van der Waals surface area contributed by atoms with E-state index >= 15 is 0 Å². The number of nitrogens with zero attached hydrogens (tertiary/aromatic N) is 2. The van der Waals surface area contributed by atoms with E-state index in [0.29, 0.717) is 38.6 Å². The third kappa shape index (κ3) is 6.42. The molecule has 0 radical (unpaired) electrons. The Morgan fingerprint density at radius 1 is 1.10 bits per heavy atom. The number of nitrogens with one attached hydrogen (secondary N) is 1. The predicted octanol–water partition coefficient (Wildman–Crippen LogP) is 1.60. The SMILES string of the molecule is CC(=O)N1CC(C(=O)N2CCC[C@H](NS(C)(=O)=O)[C@@H]2COC2CCC(C(C)C)CC2)C1. The predicted molar refractivity (Wildman–Crippen MR) is 119 cm³/mol. The summed E-state index contributed by atoms with van der Waals surface area (Å²) in [5.74, 6) is 1.22. The van der Waals surface area contributed by atoms with E-state index in [9.17, 15) is 18.0 Å². The van der Waals surface area contributed by atoms with Gasteiger partial charge in [-0.25, -0.2) is 13.1 Å². The molecule has 0 aromatic rings. The monoisotopic (exact) mass is 457 g/mol. The average molecular weight is 458 g/mol. The third-order valence-electron chi connectivity index (χ3n) is 7.27. The van der Waals surface area contributed by atoms with Gasteiger partial charge in [-0.3, -0.25) is 9.59 Å². The number of sulfonamides is 1. The highest BCUT2D eigenvalue weighted by atomic mass is 32.2. The lowest BCUT2D eigenvalue weighted by Gasteiger charge is -2.46. The van der Waals surface area contributed by atoms with Crippen molar-refractivity contribution in [2.45, 2.75) is 77.5 Å². The van der Waals surface area contributed by atoms with Crippen molar-refractivity contribution >= 4 is 21.8 Å². The van der Waals surface area contributed by atoms with Gasteiger partial charge >= 0.3 is 0 Å². The highest BCUT2D eigenvalue weighted by Gasteiger charge is 2.42. The molecule has 0 bridgehead atoms. The van der Waals surface area contributed by atoms with E-state index in [1.807, 2.05) is 4.90 Å². The minimum absolute atomic E-state index is 0.00890. The van der Waals surface area contributed by atoms with E-state index < -0.39 is 10.0 Å². The molecule has 2 amide bonds. The Kier molecular flexibility index (Phi) is 8.02. The molecule has 1 saturated carbocycles. The van der Waals surface area contributed by atoms with Gasteiger partial charge < -0.3 is 14.5 Å². The average Bonchev–Trinajstić information content (AvgIpc) is 2.64. The van der Waals surface area contributed by atoms with Crippen molar-refractivity contribution < 1.29 is 22.7 Å². The van der Waals surface area contributed by atoms with Gasteiger partial charge in [-0.15, -0.1) is 0 Å². The topological polar surface area (TPSA) is 96.0 Å². The summed E-state index contributed by atoms with van der Waals surface area (Å²) in [6.07, 6.45) is 7.12. The van der Waals surface area contributed by atoms with Gasteiger partial charge in [-0.2, -0.15) is 0 Å². The van der Waals surface area contributed by atoms with Crippen LogP contribution in [0.15, 0.2) is 0 Å². The minimum atomic E-state index is -3.39. The molecule has 0 spiro atoms. The normalized spacial score (nSPS) is 30.4. The maximum Gasteiger partial charge on any atom is 0.229 e. The summed E-state index contributed by atoms with van der Waals surface area (Å²) in [4.78, 5) is 28.2. The minimum Gasteiger partial charge on any atom is -0.376 e. The summed E-state index contributed by atoms with van der Waals surface area (Å²) in [6.45, 7) is 7.89. The quantitative estimate of drug-likeness (QED) is 0.627. The molecule has 9 heteroatoms. The van der Waals surface area contributed by atoms with Crippen LogP contribution in [0.25, 0.3) is 0 Å². The Morgan fingerprint density at radius 3 is 2.29 bits per heavy atom. The maximum absolute atomic E-state index is 13.2. The van der Waals surface area contributed by atoms with Crippen LogP contribution in [0.3, 0.4) is 0 Å². The van der Waals surface area contributed by atoms with E-state index in [4.69, 9.17) is 4.74 Å². The molecule has 0 aromatic heterocycles. The summed E-state index contributed by atoms with van der Waals surface area (Å²) < 4.78 is 32.9. The number of carbonyl (C=O) groups is 2. The molecular formula is C22H39N3O5S. The first-order valence-electron chi connectivity index (χ1n) is 11.7. The van der Waals surface area contributed by atoms with Crippen LogP contribution < -0.4 is 4.72 Å². The Balaban J connectivity index is 1.64. The van der Waals surface area contributed by atoms with Crippen LogP contribution in [0.5, 0.6) is 0 Å². The molecule has 2 atom stereocenters. The fourth-order valence-electron chi connectivity index (χ4n) is 5.23. The number of likely N-dealkylation sites (tertiary alicyclic amines) is 2. The van der Waals surface area contributed by atoms with Gasteiger partial charge in [0.2, 0.25) is 21.8 Å². The van der Waals surface area contributed by atoms with Crippen LogP contribution in [0.2, 0.25) is 0 Å². The zero-order valence-corrected chi connectivity index (χ0v) is 20.2. The second kappa shape index (κ2) is 10.2. The van der Waals surface area contributed by atoms with Crippen molar-refractivity contribution in [2.75, 3.05) is 32.5 Å². The molecule has 8 nitrogen and oxygen atoms in total. The van der Waals surface area contributed by atoms with Crippen molar-refractivity contribution in [3.63, 3.8) is 0 Å². The lowest BCUT2D eigenvalue weighted by molar-refractivity contribution is -0.152. The molecule has 0 unspecified atom stereocenters. The van der Waals surface area contributed by atoms with Crippen LogP contribution >= 0.6 is 0 Å². The second-order valence-corrected chi connectivity index (χ2v) is 11.8. The molecule has 0 aromatic carbocycles. The first-order valence-corrected chi connectivity index (χ1v) is 13.6. The van der Waals surface area contributed by atoms with Crippen molar-refractivity contribution in [1.29, 1.82) is 0 Å². The van der Waals surface area contributed by atoms with Crippen LogP contribution in [0, 0.1) is 17.8 Å². The summed E-state index contributed by atoms with van der Waals surface area (Å²) in [7, 11) is -3.39. The zero-order valence-electron chi connectivity index (χ0n) is 19.4. The number of amides is 2. The van der Waals surface area contributed by atoms with Crippen molar-refractivity contribution in [3.05, 3.63) is 0 Å². The maximum atomic E-state index is 13.2. The Morgan fingerprint density at radius 2 is 1.74 bits per heavy atom. The largest absolute Gasteiger partial charge is 0.376 e. The van der Waals surface area contributed by atoms with E-state index in [0.717, 1.165) is 44.3 Å². The fourth-order valence-corrected chi connectivity index (χ4v) is 6.06. The Hall–Kier alpha value is -1.19. The highest BCUT2D eigenvalue weighted by molar-refractivity contribution is 7.88. The van der Waals surface area contributed by atoms with Crippen molar-refractivity contribution in [2.24, 2.45) is 17.8 Å². The summed E-state index contributed by atoms with van der Waals surface area (Å²) >= 11 is 0. The first kappa shape index (κ1) is 24.5. The molecule has 2 saturated heterocycles. The standard InChI is InChI=1S/C22H39N3O5S/c1-15(2)17-7-9-19(10-8-17)30-14-21-20(23-31(4,28)29)6-5-11-25(21)22(27)18-12-24(13-18)16(3)26/h15,17-21,23H,5-14H2,1-4H3/t17?,19?,20-,21-/m0/s1. The number of rotatable bonds is 7. The van der Waals surface area contributed by atoms with E-state index in [2.05, 4.69) is 18.6 Å². The van der Waals surface area contributed by atoms with Crippen molar-refractivity contribution in [1.82, 2.24) is 14.5 Å². The van der Waals surface area contributed by atoms with Crippen LogP contribution in [-0.4, -0.2) is 80.7 Å². The molecule has 1 N–H and O–H groups in total. The van der Waals surface area contributed by atoms with E-state index in [1.165, 1.54) is 6.92 Å². The molecule has 31 heavy (non-hydrogen) atoms. The molecule has 178 valence electrons. The summed E-state index contributed by atoms with van der Waals surface area (Å²) in [6, 6.07) is -0.658. The first-order chi connectivity index (χ1) is 14.5. The van der Waals surface area contributed by atoms with Crippen LogP contribution in [0.4, 0.5) is 0 Å². The van der Waals surface area contributed by atoms with Gasteiger partial charge in [-0.05, 0) is 50.4 Å². The lowest BCUT2D eigenvalue weighted by Crippen LogP contribution is -2.63. The smallest absolute Gasteiger partial charge is 0.229 e. The molecule has 3 aliphatic rings. The second-order valence-electron chi connectivity index (χ2n) is 9.97. The number of ether oxygens (including phenoxy) is 1. The van der Waals surface area contributed by atoms with E-state index in [-0.39, 0.29) is 35.9 Å². The fraction of sp³-hybridized carbons (Fsp3) is 0.909. The van der Waals surface area contributed by atoms with Gasteiger partial charge in [0.25, 0.3) is 0 Å². The third-order valence-corrected chi connectivity index (χ3v) is 8.00. The number of hydrogen-bond donors (Lipinski definition) is 1. The van der Waals surface area contributed by atoms with Crippen molar-refractivity contribution in [3.8, 4) is 0 Å². The summed E-state index contributed by atoms with van der Waals surface area (Å²) in [5.41, 5.74) is 0. The van der Waals surface area contributed by atoms with E-state index in [1.54, 1.807) is 4.90 Å². The number of piperidine rings is 1. The molecule has 3 fully saturated rings. The molecule has 2 aliphatic heterocycles. The summed E-state index contributed by atoms with van der Waals surface area (Å²) in [5, 5.41) is 0. The zero-order chi connectivity index (χ0) is 22.8. The number of hydrogen-bond acceptors (Lipinski definition) is 5. The van der Waals surface area contributed by atoms with Gasteiger partial charge in [0.1, 0.15) is 0 Å². The highest BCUT2D eigenvalue weighted by Crippen LogP contribution is 2.32. The van der Waals surface area contributed by atoms with Gasteiger partial charge in [0.05, 0.1) is 30.9 Å². The van der Waals surface area contributed by atoms with Crippen LogP contribution in [-0.2, 0) is 24.3 Å². The molecule has 3 rings (SSSR count). The Bertz CT molecular complexity index is 742.